The first-order chi connectivity index (χ1) is 11.2. The predicted octanol–water partition coefficient (Wildman–Crippen LogP) is 5.94. The summed E-state index contributed by atoms with van der Waals surface area (Å²) in [6.07, 6.45) is 3.02. The normalized spacial score (nSPS) is 22.4. The molecule has 0 aliphatic carbocycles. The molecule has 0 spiro atoms. The van der Waals surface area contributed by atoms with Crippen molar-refractivity contribution in [2.75, 3.05) is 0 Å². The minimum absolute atomic E-state index is 0.0274. The van der Waals surface area contributed by atoms with Gasteiger partial charge in [-0.05, 0) is 46.3 Å². The fourth-order valence-corrected chi connectivity index (χ4v) is 4.95. The van der Waals surface area contributed by atoms with Gasteiger partial charge in [0.15, 0.2) is 6.23 Å². The number of rotatable bonds is 3. The molecule has 0 amide bonds. The molecule has 0 bridgehead atoms. The second-order valence-electron chi connectivity index (χ2n) is 5.79. The maximum absolute atomic E-state index is 6.22. The fourth-order valence-electron chi connectivity index (χ4n) is 3.19. The van der Waals surface area contributed by atoms with E-state index in [1.54, 1.807) is 11.3 Å². The molecule has 0 unspecified atom stereocenters. The summed E-state index contributed by atoms with van der Waals surface area (Å²) < 4.78 is 8.45. The molecule has 2 aromatic rings. The molecule has 4 rings (SSSR count). The van der Waals surface area contributed by atoms with Crippen LogP contribution < -0.4 is 4.74 Å². The standard InChI is InChI=1S/C17H16Br2N2OS/c1-2-3-17-21-13(11-8-10(18)4-5-14(11)22-17)9-12(20-21)15-6-7-16(19)23-15/h4-8,13,17H,2-3,9H2,1H3/t13-,17+/m0/s1. The zero-order valence-corrected chi connectivity index (χ0v) is 16.6. The molecular formula is C17H16Br2N2OS. The van der Waals surface area contributed by atoms with Gasteiger partial charge in [0.1, 0.15) is 5.75 Å². The Bertz CT molecular complexity index is 774. The smallest absolute Gasteiger partial charge is 0.187 e. The van der Waals surface area contributed by atoms with Crippen LogP contribution in [0.1, 0.15) is 42.7 Å². The third-order valence-electron chi connectivity index (χ3n) is 4.22. The number of benzene rings is 1. The van der Waals surface area contributed by atoms with E-state index >= 15 is 0 Å². The van der Waals surface area contributed by atoms with E-state index in [0.717, 1.165) is 39.0 Å². The Kier molecular flexibility index (Phi) is 4.24. The first kappa shape index (κ1) is 15.7. The van der Waals surface area contributed by atoms with Gasteiger partial charge < -0.3 is 4.74 Å². The Labute approximate surface area is 156 Å². The Hall–Kier alpha value is -0.850. The van der Waals surface area contributed by atoms with Crippen molar-refractivity contribution < 1.29 is 4.74 Å². The average molecular weight is 456 g/mol. The third-order valence-corrected chi connectivity index (χ3v) is 6.39. The van der Waals surface area contributed by atoms with Gasteiger partial charge in [0.2, 0.25) is 0 Å². The van der Waals surface area contributed by atoms with Gasteiger partial charge in [0.05, 0.1) is 20.4 Å². The average Bonchev–Trinajstić information content (AvgIpc) is 3.14. The number of nitrogens with zero attached hydrogens (tertiary/aromatic N) is 2. The highest BCUT2D eigenvalue weighted by Gasteiger charge is 2.40. The van der Waals surface area contributed by atoms with Crippen LogP contribution in [-0.4, -0.2) is 16.9 Å². The lowest BCUT2D eigenvalue weighted by atomic mass is 9.98. The molecular weight excluding hydrogens is 440 g/mol. The number of hydrazone groups is 1. The van der Waals surface area contributed by atoms with Crippen LogP contribution in [0.25, 0.3) is 0 Å². The predicted molar refractivity (Wildman–Crippen MR) is 101 cm³/mol. The largest absolute Gasteiger partial charge is 0.469 e. The van der Waals surface area contributed by atoms with Crippen molar-refractivity contribution in [3.63, 3.8) is 0 Å². The quantitative estimate of drug-likeness (QED) is 0.571. The lowest BCUT2D eigenvalue weighted by molar-refractivity contribution is -0.0223. The van der Waals surface area contributed by atoms with Crippen molar-refractivity contribution in [3.05, 3.63) is 49.0 Å². The van der Waals surface area contributed by atoms with Crippen molar-refractivity contribution >= 4 is 48.9 Å². The van der Waals surface area contributed by atoms with Crippen LogP contribution in [0.5, 0.6) is 5.75 Å². The first-order valence-electron chi connectivity index (χ1n) is 7.73. The molecule has 0 fully saturated rings. The van der Waals surface area contributed by atoms with Gasteiger partial charge in [-0.1, -0.05) is 29.3 Å². The summed E-state index contributed by atoms with van der Waals surface area (Å²) in [5, 5.41) is 7.09. The number of hydrogen-bond donors (Lipinski definition) is 0. The molecule has 1 aromatic carbocycles. The number of fused-ring (bicyclic) bond motifs is 3. The molecule has 0 N–H and O–H groups in total. The molecule has 0 saturated heterocycles. The second-order valence-corrected chi connectivity index (χ2v) is 9.17. The highest BCUT2D eigenvalue weighted by atomic mass is 79.9. The van der Waals surface area contributed by atoms with Gasteiger partial charge in [0.25, 0.3) is 0 Å². The highest BCUT2D eigenvalue weighted by Crippen LogP contribution is 2.45. The summed E-state index contributed by atoms with van der Waals surface area (Å²) >= 11 is 8.87. The van der Waals surface area contributed by atoms with Crippen LogP contribution in [0.4, 0.5) is 0 Å². The summed E-state index contributed by atoms with van der Waals surface area (Å²) in [5.74, 6) is 0.997. The lowest BCUT2D eigenvalue weighted by Crippen LogP contribution is -2.40. The maximum atomic E-state index is 6.22. The van der Waals surface area contributed by atoms with E-state index in [-0.39, 0.29) is 12.3 Å². The van der Waals surface area contributed by atoms with Gasteiger partial charge in [-0.15, -0.1) is 11.3 Å². The number of thiophene rings is 1. The van der Waals surface area contributed by atoms with Crippen LogP contribution in [0, 0.1) is 0 Å². The first-order valence-corrected chi connectivity index (χ1v) is 10.1. The molecule has 6 heteroatoms. The lowest BCUT2D eigenvalue weighted by Gasteiger charge is -2.38. The van der Waals surface area contributed by atoms with E-state index < -0.39 is 0 Å². The van der Waals surface area contributed by atoms with Crippen molar-refractivity contribution in [1.29, 1.82) is 0 Å². The van der Waals surface area contributed by atoms with E-state index in [1.807, 2.05) is 6.07 Å². The molecule has 2 aliphatic heterocycles. The van der Waals surface area contributed by atoms with Crippen molar-refractivity contribution in [3.8, 4) is 5.75 Å². The minimum atomic E-state index is 0.0274. The summed E-state index contributed by atoms with van der Waals surface area (Å²) in [6.45, 7) is 2.19. The molecule has 1 aromatic heterocycles. The SMILES string of the molecule is CCC[C@H]1Oc2ccc(Br)cc2[C@@H]2CC(c3ccc(Br)s3)=NN12. The van der Waals surface area contributed by atoms with E-state index in [4.69, 9.17) is 9.84 Å². The van der Waals surface area contributed by atoms with E-state index in [1.165, 1.54) is 10.4 Å². The summed E-state index contributed by atoms with van der Waals surface area (Å²) in [5.41, 5.74) is 2.38. The van der Waals surface area contributed by atoms with Crippen molar-refractivity contribution in [1.82, 2.24) is 5.01 Å². The third kappa shape index (κ3) is 2.85. The number of hydrogen-bond acceptors (Lipinski definition) is 4. The molecule has 2 aliphatic rings. The van der Waals surface area contributed by atoms with Crippen LogP contribution in [0.2, 0.25) is 0 Å². The minimum Gasteiger partial charge on any atom is -0.469 e. The molecule has 2 atom stereocenters. The van der Waals surface area contributed by atoms with E-state index in [9.17, 15) is 0 Å². The zero-order valence-electron chi connectivity index (χ0n) is 12.6. The van der Waals surface area contributed by atoms with Crippen LogP contribution in [0.15, 0.2) is 43.7 Å². The number of ether oxygens (including phenoxy) is 1. The van der Waals surface area contributed by atoms with Gasteiger partial charge in [-0.3, -0.25) is 5.01 Å². The van der Waals surface area contributed by atoms with Crippen LogP contribution in [0.3, 0.4) is 0 Å². The van der Waals surface area contributed by atoms with Gasteiger partial charge in [0, 0.05) is 22.9 Å². The zero-order chi connectivity index (χ0) is 16.0. The summed E-state index contributed by atoms with van der Waals surface area (Å²) in [7, 11) is 0. The Morgan fingerprint density at radius 3 is 2.91 bits per heavy atom. The molecule has 3 heterocycles. The maximum Gasteiger partial charge on any atom is 0.187 e. The van der Waals surface area contributed by atoms with Crippen molar-refractivity contribution in [2.45, 2.75) is 38.5 Å². The Morgan fingerprint density at radius 1 is 1.30 bits per heavy atom. The fraction of sp³-hybridized carbons (Fsp3) is 0.353. The summed E-state index contributed by atoms with van der Waals surface area (Å²) in [6, 6.07) is 10.8. The summed E-state index contributed by atoms with van der Waals surface area (Å²) in [4.78, 5) is 1.23. The molecule has 3 nitrogen and oxygen atoms in total. The van der Waals surface area contributed by atoms with Crippen LogP contribution >= 0.6 is 43.2 Å². The molecule has 0 radical (unpaired) electrons. The topological polar surface area (TPSA) is 24.8 Å². The highest BCUT2D eigenvalue weighted by molar-refractivity contribution is 9.11. The molecule has 23 heavy (non-hydrogen) atoms. The van der Waals surface area contributed by atoms with E-state index in [0.29, 0.717) is 0 Å². The number of halogens is 2. The molecule has 120 valence electrons. The van der Waals surface area contributed by atoms with Gasteiger partial charge >= 0.3 is 0 Å². The Morgan fingerprint density at radius 2 is 2.17 bits per heavy atom. The Balaban J connectivity index is 1.73. The van der Waals surface area contributed by atoms with E-state index in [2.05, 4.69) is 68.1 Å². The van der Waals surface area contributed by atoms with Gasteiger partial charge in [-0.2, -0.15) is 5.10 Å². The monoisotopic (exact) mass is 454 g/mol. The van der Waals surface area contributed by atoms with Gasteiger partial charge in [-0.25, -0.2) is 0 Å². The van der Waals surface area contributed by atoms with Crippen molar-refractivity contribution in [2.24, 2.45) is 5.10 Å². The van der Waals surface area contributed by atoms with Crippen LogP contribution in [-0.2, 0) is 0 Å². The molecule has 0 saturated carbocycles. The second kappa shape index (κ2) is 6.22.